The molecule has 1 aliphatic carbocycles. The lowest BCUT2D eigenvalue weighted by molar-refractivity contribution is -0.127. The Labute approximate surface area is 184 Å². The molecule has 1 fully saturated rings. The third-order valence-corrected chi connectivity index (χ3v) is 6.43. The number of benzene rings is 1. The Bertz CT molecular complexity index is 998. The molecule has 7 heteroatoms. The molecule has 1 atom stereocenters. The molecule has 1 aromatic carbocycles. The van der Waals surface area contributed by atoms with Crippen LogP contribution in [0.2, 0.25) is 0 Å². The van der Waals surface area contributed by atoms with Crippen LogP contribution >= 0.6 is 11.3 Å². The number of carbonyl (C=O) groups is 2. The smallest absolute Gasteiger partial charge is 0.251 e. The standard InChI is InChI=1S/C24H25FN2O3S/c25-19-11-4-5-12-20(19)27(22(28)16-18-10-7-15-31-18)23(21-13-6-14-30-21)24(29)26-17-8-2-1-3-9-17/h4-7,10-15,17,23H,1-3,8-9,16H2,(H,26,29)/t23-/m1/s1. The van der Waals surface area contributed by atoms with E-state index in [0.717, 1.165) is 37.0 Å². The van der Waals surface area contributed by atoms with Crippen molar-refractivity contribution >= 4 is 28.8 Å². The van der Waals surface area contributed by atoms with E-state index >= 15 is 0 Å². The minimum absolute atomic E-state index is 0.0496. The highest BCUT2D eigenvalue weighted by molar-refractivity contribution is 7.10. The molecule has 1 aliphatic rings. The van der Waals surface area contributed by atoms with Crippen molar-refractivity contribution in [1.82, 2.24) is 5.32 Å². The van der Waals surface area contributed by atoms with Gasteiger partial charge in [-0.25, -0.2) is 4.39 Å². The normalized spacial score (nSPS) is 15.4. The average Bonchev–Trinajstić information content (AvgIpc) is 3.47. The number of amides is 2. The average molecular weight is 441 g/mol. The molecule has 1 saturated carbocycles. The molecule has 31 heavy (non-hydrogen) atoms. The predicted octanol–water partition coefficient (Wildman–Crippen LogP) is 5.25. The van der Waals surface area contributed by atoms with E-state index in [0.29, 0.717) is 5.76 Å². The van der Waals surface area contributed by atoms with Gasteiger partial charge in [0, 0.05) is 10.9 Å². The molecule has 0 saturated heterocycles. The van der Waals surface area contributed by atoms with Crippen LogP contribution in [0.25, 0.3) is 0 Å². The van der Waals surface area contributed by atoms with Crippen LogP contribution in [-0.2, 0) is 16.0 Å². The molecule has 0 aliphatic heterocycles. The van der Waals surface area contributed by atoms with Gasteiger partial charge in [0.15, 0.2) is 6.04 Å². The van der Waals surface area contributed by atoms with Gasteiger partial charge in [0.25, 0.3) is 5.91 Å². The Hall–Kier alpha value is -2.93. The van der Waals surface area contributed by atoms with Crippen LogP contribution in [0.15, 0.2) is 64.6 Å². The predicted molar refractivity (Wildman–Crippen MR) is 118 cm³/mol. The Morgan fingerprint density at radius 2 is 1.90 bits per heavy atom. The molecule has 0 spiro atoms. The molecule has 3 aromatic rings. The Morgan fingerprint density at radius 1 is 1.10 bits per heavy atom. The third-order valence-electron chi connectivity index (χ3n) is 5.56. The molecule has 5 nitrogen and oxygen atoms in total. The summed E-state index contributed by atoms with van der Waals surface area (Å²) in [6.07, 6.45) is 6.61. The number of hydrogen-bond donors (Lipinski definition) is 1. The summed E-state index contributed by atoms with van der Waals surface area (Å²) in [6, 6.07) is 12.0. The highest BCUT2D eigenvalue weighted by atomic mass is 32.1. The molecule has 1 N–H and O–H groups in total. The van der Waals surface area contributed by atoms with Crippen molar-refractivity contribution in [3.8, 4) is 0 Å². The Balaban J connectivity index is 1.71. The van der Waals surface area contributed by atoms with Gasteiger partial charge in [0.1, 0.15) is 11.6 Å². The van der Waals surface area contributed by atoms with Crippen molar-refractivity contribution in [3.05, 3.63) is 76.6 Å². The topological polar surface area (TPSA) is 62.6 Å². The molecule has 2 heterocycles. The summed E-state index contributed by atoms with van der Waals surface area (Å²) in [5.41, 5.74) is 0.0595. The summed E-state index contributed by atoms with van der Waals surface area (Å²) >= 11 is 1.45. The number of nitrogens with zero attached hydrogens (tertiary/aromatic N) is 1. The fourth-order valence-electron chi connectivity index (χ4n) is 4.06. The van der Waals surface area contributed by atoms with E-state index in [4.69, 9.17) is 4.42 Å². The summed E-state index contributed by atoms with van der Waals surface area (Å²) in [6.45, 7) is 0. The van der Waals surface area contributed by atoms with Crippen LogP contribution in [0.4, 0.5) is 10.1 Å². The van der Waals surface area contributed by atoms with Gasteiger partial charge in [-0.3, -0.25) is 14.5 Å². The van der Waals surface area contributed by atoms with Gasteiger partial charge in [-0.05, 0) is 48.6 Å². The van der Waals surface area contributed by atoms with Crippen LogP contribution in [0.3, 0.4) is 0 Å². The van der Waals surface area contributed by atoms with Crippen LogP contribution in [0.1, 0.15) is 48.8 Å². The lowest BCUT2D eigenvalue weighted by Gasteiger charge is -2.32. The third kappa shape index (κ3) is 5.05. The van der Waals surface area contributed by atoms with Crippen LogP contribution < -0.4 is 10.2 Å². The molecule has 2 aromatic heterocycles. The number of nitrogens with one attached hydrogen (secondary N) is 1. The number of anilines is 1. The maximum Gasteiger partial charge on any atom is 0.251 e. The van der Waals surface area contributed by atoms with Gasteiger partial charge in [-0.2, -0.15) is 0 Å². The van der Waals surface area contributed by atoms with E-state index < -0.39 is 11.9 Å². The van der Waals surface area contributed by atoms with E-state index in [2.05, 4.69) is 5.32 Å². The van der Waals surface area contributed by atoms with Crippen molar-refractivity contribution in [2.24, 2.45) is 0 Å². The SMILES string of the molecule is O=C(NC1CCCCC1)[C@@H](c1ccco1)N(C(=O)Cc1cccs1)c1ccccc1F. The van der Waals surface area contributed by atoms with Crippen molar-refractivity contribution in [2.45, 2.75) is 50.6 Å². The fraction of sp³-hybridized carbons (Fsp3) is 0.333. The second kappa shape index (κ2) is 9.92. The van der Waals surface area contributed by atoms with E-state index in [-0.39, 0.29) is 30.0 Å². The zero-order valence-electron chi connectivity index (χ0n) is 17.1. The number of para-hydroxylation sites is 1. The summed E-state index contributed by atoms with van der Waals surface area (Å²) in [5.74, 6) is -0.988. The molecular weight excluding hydrogens is 415 g/mol. The van der Waals surface area contributed by atoms with Gasteiger partial charge >= 0.3 is 0 Å². The number of thiophene rings is 1. The van der Waals surface area contributed by atoms with E-state index in [1.807, 2.05) is 17.5 Å². The number of halogens is 1. The number of rotatable bonds is 7. The first-order chi connectivity index (χ1) is 15.1. The Morgan fingerprint density at radius 3 is 2.58 bits per heavy atom. The highest BCUT2D eigenvalue weighted by Crippen LogP contribution is 2.32. The first-order valence-corrected chi connectivity index (χ1v) is 11.4. The molecule has 0 bridgehead atoms. The van der Waals surface area contributed by atoms with Gasteiger partial charge in [-0.15, -0.1) is 11.3 Å². The van der Waals surface area contributed by atoms with Crippen molar-refractivity contribution in [1.29, 1.82) is 0 Å². The van der Waals surface area contributed by atoms with Gasteiger partial charge < -0.3 is 9.73 Å². The minimum Gasteiger partial charge on any atom is -0.467 e. The summed E-state index contributed by atoms with van der Waals surface area (Å²) < 4.78 is 20.4. The summed E-state index contributed by atoms with van der Waals surface area (Å²) in [4.78, 5) is 29.0. The van der Waals surface area contributed by atoms with E-state index in [1.165, 1.54) is 34.6 Å². The monoisotopic (exact) mass is 440 g/mol. The van der Waals surface area contributed by atoms with Crippen LogP contribution in [-0.4, -0.2) is 17.9 Å². The summed E-state index contributed by atoms with van der Waals surface area (Å²) in [5, 5.41) is 4.96. The van der Waals surface area contributed by atoms with Gasteiger partial charge in [0.05, 0.1) is 18.4 Å². The van der Waals surface area contributed by atoms with E-state index in [9.17, 15) is 14.0 Å². The number of furan rings is 1. The van der Waals surface area contributed by atoms with Crippen molar-refractivity contribution < 1.29 is 18.4 Å². The van der Waals surface area contributed by atoms with E-state index in [1.54, 1.807) is 24.3 Å². The van der Waals surface area contributed by atoms with Crippen molar-refractivity contribution in [3.63, 3.8) is 0 Å². The van der Waals surface area contributed by atoms with Crippen LogP contribution in [0.5, 0.6) is 0 Å². The number of carbonyl (C=O) groups excluding carboxylic acids is 2. The molecule has 162 valence electrons. The lowest BCUT2D eigenvalue weighted by Crippen LogP contribution is -2.47. The largest absolute Gasteiger partial charge is 0.467 e. The zero-order chi connectivity index (χ0) is 21.6. The molecule has 4 rings (SSSR count). The summed E-state index contributed by atoms with van der Waals surface area (Å²) in [7, 11) is 0. The molecule has 2 amide bonds. The van der Waals surface area contributed by atoms with Crippen LogP contribution in [0, 0.1) is 5.82 Å². The maximum absolute atomic E-state index is 14.8. The molecule has 0 radical (unpaired) electrons. The quantitative estimate of drug-likeness (QED) is 0.546. The van der Waals surface area contributed by atoms with Gasteiger partial charge in [0.2, 0.25) is 5.91 Å². The first kappa shape index (κ1) is 21.3. The highest BCUT2D eigenvalue weighted by Gasteiger charge is 2.37. The maximum atomic E-state index is 14.8. The lowest BCUT2D eigenvalue weighted by atomic mass is 9.95. The first-order valence-electron chi connectivity index (χ1n) is 10.6. The second-order valence-electron chi connectivity index (χ2n) is 7.73. The number of hydrogen-bond acceptors (Lipinski definition) is 4. The zero-order valence-corrected chi connectivity index (χ0v) is 17.9. The second-order valence-corrected chi connectivity index (χ2v) is 8.77. The minimum atomic E-state index is -1.10. The molecule has 0 unspecified atom stereocenters. The Kier molecular flexibility index (Phi) is 6.82. The fourth-order valence-corrected chi connectivity index (χ4v) is 4.76. The van der Waals surface area contributed by atoms with Crippen molar-refractivity contribution in [2.75, 3.05) is 4.90 Å². The van der Waals surface area contributed by atoms with Gasteiger partial charge in [-0.1, -0.05) is 37.5 Å². The molecular formula is C24H25FN2O3S.